The number of H-pyrrole nitrogens is 2. The van der Waals surface area contributed by atoms with Crippen molar-refractivity contribution in [1.82, 2.24) is 15.2 Å². The second-order valence-corrected chi connectivity index (χ2v) is 3.57. The minimum absolute atomic E-state index is 0.0556. The zero-order chi connectivity index (χ0) is 10.8. The number of nitrogens with one attached hydrogen (secondary N) is 3. The van der Waals surface area contributed by atoms with Gasteiger partial charge in [0, 0.05) is 12.1 Å². The third-order valence-electron chi connectivity index (χ3n) is 1.68. The van der Waals surface area contributed by atoms with Crippen molar-refractivity contribution in [1.29, 1.82) is 0 Å². The van der Waals surface area contributed by atoms with E-state index in [1.54, 1.807) is 0 Å². The number of hydrogen-bond acceptors (Lipinski definition) is 5. The van der Waals surface area contributed by atoms with Gasteiger partial charge in [-0.15, -0.1) is 5.10 Å². The van der Waals surface area contributed by atoms with Crippen LogP contribution in [0.5, 0.6) is 0 Å². The van der Waals surface area contributed by atoms with Gasteiger partial charge in [0.15, 0.2) is 0 Å². The Hall–Kier alpha value is -1.63. The number of nitrogens with two attached hydrogens (primary N) is 1. The van der Waals surface area contributed by atoms with Crippen LogP contribution < -0.4 is 22.3 Å². The topological polar surface area (TPSA) is 117 Å². The summed E-state index contributed by atoms with van der Waals surface area (Å²) in [6, 6.07) is 0. The molecule has 0 aliphatic rings. The Balaban J connectivity index is 2.99. The van der Waals surface area contributed by atoms with Crippen LogP contribution in [0.4, 0.5) is 5.82 Å². The van der Waals surface area contributed by atoms with E-state index in [1.165, 1.54) is 0 Å². The normalized spacial score (nSPS) is 11.4. The van der Waals surface area contributed by atoms with Crippen LogP contribution in [0.25, 0.3) is 0 Å². The fourth-order valence-electron chi connectivity index (χ4n) is 0.804. The molecule has 0 aliphatic heterocycles. The summed E-state index contributed by atoms with van der Waals surface area (Å²) in [4.78, 5) is 23.9. The quantitative estimate of drug-likeness (QED) is 0.478. The molecule has 0 bridgehead atoms. The van der Waals surface area contributed by atoms with Crippen LogP contribution >= 0.6 is 0 Å². The lowest BCUT2D eigenvalue weighted by Crippen LogP contribution is -2.42. The number of anilines is 1. The van der Waals surface area contributed by atoms with Gasteiger partial charge < -0.3 is 11.1 Å². The van der Waals surface area contributed by atoms with Gasteiger partial charge in [-0.3, -0.25) is 9.78 Å². The predicted octanol–water partition coefficient (Wildman–Crippen LogP) is -1.39. The number of nitrogens with zero attached hydrogens (tertiary/aromatic N) is 1. The average molecular weight is 199 g/mol. The molecule has 0 unspecified atom stereocenters. The first-order chi connectivity index (χ1) is 6.44. The molecule has 0 atom stereocenters. The highest BCUT2D eigenvalue weighted by Crippen LogP contribution is 2.04. The smallest absolute Gasteiger partial charge is 0.342 e. The van der Waals surface area contributed by atoms with Crippen molar-refractivity contribution in [3.05, 3.63) is 20.8 Å². The second kappa shape index (κ2) is 3.62. The molecule has 0 spiro atoms. The van der Waals surface area contributed by atoms with Crippen LogP contribution in [0.15, 0.2) is 9.59 Å². The number of aromatic nitrogens is 3. The Morgan fingerprint density at radius 3 is 2.64 bits per heavy atom. The number of hydrogen-bond donors (Lipinski definition) is 4. The summed E-state index contributed by atoms with van der Waals surface area (Å²) < 4.78 is 0. The first kappa shape index (κ1) is 10.5. The lowest BCUT2D eigenvalue weighted by atomic mass is 10.1. The van der Waals surface area contributed by atoms with E-state index in [0.29, 0.717) is 6.54 Å². The Bertz CT molecular complexity index is 419. The monoisotopic (exact) mass is 199 g/mol. The van der Waals surface area contributed by atoms with Crippen molar-refractivity contribution in [2.24, 2.45) is 5.73 Å². The molecule has 0 aromatic carbocycles. The maximum atomic E-state index is 11.2. The van der Waals surface area contributed by atoms with E-state index in [9.17, 15) is 9.59 Å². The van der Waals surface area contributed by atoms with Gasteiger partial charge in [-0.25, -0.2) is 9.89 Å². The van der Waals surface area contributed by atoms with E-state index in [4.69, 9.17) is 5.73 Å². The van der Waals surface area contributed by atoms with E-state index in [-0.39, 0.29) is 5.82 Å². The van der Waals surface area contributed by atoms with Gasteiger partial charge in [-0.05, 0) is 13.8 Å². The Morgan fingerprint density at radius 2 is 2.14 bits per heavy atom. The Kier molecular flexibility index (Phi) is 2.70. The minimum Gasteiger partial charge on any atom is -0.358 e. The molecule has 7 nitrogen and oxygen atoms in total. The highest BCUT2D eigenvalue weighted by molar-refractivity contribution is 5.32. The highest BCUT2D eigenvalue weighted by Gasteiger charge is 2.17. The molecule has 0 saturated heterocycles. The van der Waals surface area contributed by atoms with E-state index >= 15 is 0 Å². The van der Waals surface area contributed by atoms with Gasteiger partial charge in [0.2, 0.25) is 5.82 Å². The van der Waals surface area contributed by atoms with E-state index in [0.717, 1.165) is 0 Å². The van der Waals surface area contributed by atoms with Crippen LogP contribution in [0.2, 0.25) is 0 Å². The molecule has 0 fully saturated rings. The molecule has 0 aliphatic carbocycles. The van der Waals surface area contributed by atoms with Crippen molar-refractivity contribution in [3.8, 4) is 0 Å². The van der Waals surface area contributed by atoms with Crippen LogP contribution in [0.1, 0.15) is 13.8 Å². The predicted molar refractivity (Wildman–Crippen MR) is 52.2 cm³/mol. The number of aromatic amines is 2. The molecule has 1 aromatic heterocycles. The summed E-state index contributed by atoms with van der Waals surface area (Å²) in [5.41, 5.74) is 3.82. The minimum atomic E-state index is -0.633. The van der Waals surface area contributed by atoms with Gasteiger partial charge in [0.1, 0.15) is 0 Å². The van der Waals surface area contributed by atoms with Gasteiger partial charge >= 0.3 is 5.69 Å². The largest absolute Gasteiger partial charge is 0.358 e. The third kappa shape index (κ3) is 2.43. The molecule has 1 aromatic rings. The molecule has 1 heterocycles. The van der Waals surface area contributed by atoms with Gasteiger partial charge in [0.25, 0.3) is 5.56 Å². The SMILES string of the molecule is CC(C)(CN)Nc1n[nH]c(=O)[nH]c1=O. The summed E-state index contributed by atoms with van der Waals surface area (Å²) >= 11 is 0. The summed E-state index contributed by atoms with van der Waals surface area (Å²) in [5, 5.41) is 8.50. The second-order valence-electron chi connectivity index (χ2n) is 3.57. The standard InChI is InChI=1S/C7H13N5O2/c1-7(2,3-8)10-4-5(13)9-6(14)12-11-4/h3,8H2,1-2H3,(H,10,11)(H2,9,12,13,14). The van der Waals surface area contributed by atoms with Crippen molar-refractivity contribution >= 4 is 5.82 Å². The third-order valence-corrected chi connectivity index (χ3v) is 1.68. The highest BCUT2D eigenvalue weighted by atomic mass is 16.2. The zero-order valence-corrected chi connectivity index (χ0v) is 8.05. The zero-order valence-electron chi connectivity index (χ0n) is 8.05. The number of rotatable bonds is 3. The van der Waals surface area contributed by atoms with Crippen molar-refractivity contribution in [3.63, 3.8) is 0 Å². The van der Waals surface area contributed by atoms with E-state index in [2.05, 4.69) is 20.5 Å². The molecule has 78 valence electrons. The van der Waals surface area contributed by atoms with Crippen molar-refractivity contribution in [2.75, 3.05) is 11.9 Å². The summed E-state index contributed by atoms with van der Waals surface area (Å²) in [6.07, 6.45) is 0. The molecular weight excluding hydrogens is 186 g/mol. The van der Waals surface area contributed by atoms with Gasteiger partial charge in [-0.2, -0.15) is 0 Å². The molecule has 1 rings (SSSR count). The van der Waals surface area contributed by atoms with E-state index < -0.39 is 16.8 Å². The molecule has 0 radical (unpaired) electrons. The van der Waals surface area contributed by atoms with E-state index in [1.807, 2.05) is 13.8 Å². The lowest BCUT2D eigenvalue weighted by Gasteiger charge is -2.23. The summed E-state index contributed by atoms with van der Waals surface area (Å²) in [7, 11) is 0. The molecule has 7 heteroatoms. The summed E-state index contributed by atoms with van der Waals surface area (Å²) in [5.74, 6) is 0.0556. The Morgan fingerprint density at radius 1 is 1.50 bits per heavy atom. The molecule has 5 N–H and O–H groups in total. The molecule has 14 heavy (non-hydrogen) atoms. The maximum Gasteiger partial charge on any atom is 0.342 e. The van der Waals surface area contributed by atoms with Crippen LogP contribution in [0, 0.1) is 0 Å². The van der Waals surface area contributed by atoms with Crippen LogP contribution in [-0.2, 0) is 0 Å². The van der Waals surface area contributed by atoms with Crippen LogP contribution in [-0.4, -0.2) is 27.3 Å². The summed E-state index contributed by atoms with van der Waals surface area (Å²) in [6.45, 7) is 3.98. The average Bonchev–Trinajstić information content (AvgIpc) is 2.10. The fraction of sp³-hybridized carbons (Fsp3) is 0.571. The van der Waals surface area contributed by atoms with Gasteiger partial charge in [0.05, 0.1) is 0 Å². The Labute approximate surface area is 79.7 Å². The molecular formula is C7H13N5O2. The van der Waals surface area contributed by atoms with Gasteiger partial charge in [-0.1, -0.05) is 0 Å². The fourth-order valence-corrected chi connectivity index (χ4v) is 0.804. The van der Waals surface area contributed by atoms with Crippen LogP contribution in [0.3, 0.4) is 0 Å². The first-order valence-electron chi connectivity index (χ1n) is 4.12. The molecule has 0 saturated carbocycles. The lowest BCUT2D eigenvalue weighted by molar-refractivity contribution is 0.573. The van der Waals surface area contributed by atoms with Crippen molar-refractivity contribution < 1.29 is 0 Å². The molecule has 0 amide bonds. The van der Waals surface area contributed by atoms with Crippen molar-refractivity contribution in [2.45, 2.75) is 19.4 Å². The first-order valence-corrected chi connectivity index (χ1v) is 4.12. The maximum absolute atomic E-state index is 11.2.